The second-order valence-electron chi connectivity index (χ2n) is 5.05. The summed E-state index contributed by atoms with van der Waals surface area (Å²) in [5.41, 5.74) is 1.01. The van der Waals surface area contributed by atoms with Gasteiger partial charge in [0.25, 0.3) is 5.91 Å². The first-order valence-corrected chi connectivity index (χ1v) is 7.93. The number of benzene rings is 2. The summed E-state index contributed by atoms with van der Waals surface area (Å²) in [5.74, 6) is -0.624. The minimum absolute atomic E-state index is 0.0459. The fourth-order valence-corrected chi connectivity index (χ4v) is 2.89. The highest BCUT2D eigenvalue weighted by Gasteiger charge is 2.39. The second-order valence-corrected chi connectivity index (χ2v) is 6.27. The summed E-state index contributed by atoms with van der Waals surface area (Å²) in [6, 6.07) is 10.9. The lowest BCUT2D eigenvalue weighted by Crippen LogP contribution is -2.34. The molecule has 7 heteroatoms. The van der Waals surface area contributed by atoms with E-state index in [9.17, 15) is 9.59 Å². The molecule has 0 bridgehead atoms. The third kappa shape index (κ3) is 3.15. The van der Waals surface area contributed by atoms with Crippen molar-refractivity contribution >= 4 is 58.0 Å². The van der Waals surface area contributed by atoms with E-state index < -0.39 is 6.04 Å². The van der Waals surface area contributed by atoms with Gasteiger partial charge >= 0.3 is 0 Å². The number of anilines is 2. The predicted octanol–water partition coefficient (Wildman–Crippen LogP) is 4.39. The molecule has 0 radical (unpaired) electrons. The molecular weight excluding hydrogens is 359 g/mol. The normalized spacial score (nSPS) is 17.7. The molecule has 23 heavy (non-hydrogen) atoms. The number of carbonyl (C=O) groups excluding carboxylic acids is 2. The highest BCUT2D eigenvalue weighted by molar-refractivity contribution is 6.43. The summed E-state index contributed by atoms with van der Waals surface area (Å²) in [6.45, 7) is 0. The molecule has 1 saturated heterocycles. The van der Waals surface area contributed by atoms with Gasteiger partial charge in [-0.2, -0.15) is 0 Å². The number of nitrogens with one attached hydrogen (secondary N) is 1. The van der Waals surface area contributed by atoms with Gasteiger partial charge < -0.3 is 5.32 Å². The Kier molecular flexibility index (Phi) is 4.48. The lowest BCUT2D eigenvalue weighted by Gasteiger charge is -2.17. The van der Waals surface area contributed by atoms with Crippen LogP contribution < -0.4 is 10.2 Å². The first kappa shape index (κ1) is 16.1. The number of carbonyl (C=O) groups is 2. The zero-order valence-electron chi connectivity index (χ0n) is 11.7. The second kappa shape index (κ2) is 6.40. The molecule has 0 saturated carbocycles. The van der Waals surface area contributed by atoms with Gasteiger partial charge in [-0.3, -0.25) is 9.59 Å². The first-order valence-electron chi connectivity index (χ1n) is 6.80. The van der Waals surface area contributed by atoms with Crippen LogP contribution in [0.5, 0.6) is 0 Å². The molecule has 1 atom stereocenters. The van der Waals surface area contributed by atoms with Gasteiger partial charge in [-0.1, -0.05) is 40.9 Å². The van der Waals surface area contributed by atoms with Crippen molar-refractivity contribution in [2.75, 3.05) is 10.2 Å². The van der Waals surface area contributed by atoms with E-state index in [2.05, 4.69) is 5.32 Å². The predicted molar refractivity (Wildman–Crippen MR) is 92.4 cm³/mol. The van der Waals surface area contributed by atoms with Crippen LogP contribution in [0.25, 0.3) is 0 Å². The highest BCUT2D eigenvalue weighted by atomic mass is 35.5. The van der Waals surface area contributed by atoms with Crippen molar-refractivity contribution in [1.82, 2.24) is 0 Å². The van der Waals surface area contributed by atoms with Crippen LogP contribution in [0.15, 0.2) is 42.5 Å². The Hall–Kier alpha value is -1.75. The molecule has 1 fully saturated rings. The molecule has 0 aliphatic carbocycles. The molecular formula is C16H11Cl3N2O2. The van der Waals surface area contributed by atoms with Crippen molar-refractivity contribution in [2.45, 2.75) is 12.5 Å². The Morgan fingerprint density at radius 1 is 1.00 bits per heavy atom. The maximum Gasteiger partial charge on any atom is 0.256 e. The summed E-state index contributed by atoms with van der Waals surface area (Å²) < 4.78 is 0. The van der Waals surface area contributed by atoms with Crippen molar-refractivity contribution in [3.8, 4) is 0 Å². The number of hydrogen-bond donors (Lipinski definition) is 1. The van der Waals surface area contributed by atoms with Crippen LogP contribution in [-0.2, 0) is 9.59 Å². The van der Waals surface area contributed by atoms with E-state index >= 15 is 0 Å². The van der Waals surface area contributed by atoms with E-state index in [1.165, 1.54) is 0 Å². The average Bonchev–Trinajstić information content (AvgIpc) is 2.79. The van der Waals surface area contributed by atoms with Gasteiger partial charge in [-0.05, 0) is 36.4 Å². The van der Waals surface area contributed by atoms with Crippen LogP contribution in [0.2, 0.25) is 15.1 Å². The van der Waals surface area contributed by atoms with Crippen molar-refractivity contribution in [3.63, 3.8) is 0 Å². The van der Waals surface area contributed by atoms with Crippen LogP contribution in [0.3, 0.4) is 0 Å². The van der Waals surface area contributed by atoms with Crippen molar-refractivity contribution < 1.29 is 9.59 Å². The van der Waals surface area contributed by atoms with Gasteiger partial charge in [0, 0.05) is 5.02 Å². The average molecular weight is 370 g/mol. The Balaban J connectivity index is 1.84. The number of nitrogens with zero attached hydrogens (tertiary/aromatic N) is 1. The zero-order valence-corrected chi connectivity index (χ0v) is 14.0. The third-order valence-corrected chi connectivity index (χ3v) is 4.58. The van der Waals surface area contributed by atoms with Crippen LogP contribution in [-0.4, -0.2) is 17.9 Å². The molecule has 2 aromatic carbocycles. The summed E-state index contributed by atoms with van der Waals surface area (Å²) in [6.07, 6.45) is 0.0459. The van der Waals surface area contributed by atoms with Crippen molar-refractivity contribution in [2.24, 2.45) is 0 Å². The van der Waals surface area contributed by atoms with Crippen LogP contribution in [0.4, 0.5) is 11.4 Å². The number of amides is 2. The van der Waals surface area contributed by atoms with E-state index in [-0.39, 0.29) is 18.2 Å². The molecule has 1 heterocycles. The van der Waals surface area contributed by atoms with Gasteiger partial charge in [-0.15, -0.1) is 0 Å². The van der Waals surface area contributed by atoms with Gasteiger partial charge in [0.2, 0.25) is 5.91 Å². The zero-order chi connectivity index (χ0) is 16.6. The maximum atomic E-state index is 12.5. The monoisotopic (exact) mass is 368 g/mol. The minimum atomic E-state index is -0.686. The van der Waals surface area contributed by atoms with Crippen LogP contribution in [0.1, 0.15) is 6.42 Å². The van der Waals surface area contributed by atoms with E-state index in [4.69, 9.17) is 34.8 Å². The summed E-state index contributed by atoms with van der Waals surface area (Å²) in [5, 5.41) is 4.22. The molecule has 1 aliphatic heterocycles. The number of halogens is 3. The Labute approximate surface area is 147 Å². The summed E-state index contributed by atoms with van der Waals surface area (Å²) >= 11 is 17.9. The molecule has 3 rings (SSSR count). The fraction of sp³-hybridized carbons (Fsp3) is 0.125. The topological polar surface area (TPSA) is 49.4 Å². The summed E-state index contributed by atoms with van der Waals surface area (Å²) in [7, 11) is 0. The van der Waals surface area contributed by atoms with E-state index in [1.807, 2.05) is 0 Å². The molecule has 1 aliphatic rings. The smallest absolute Gasteiger partial charge is 0.256 e. The lowest BCUT2D eigenvalue weighted by atomic mass is 10.2. The molecule has 2 aromatic rings. The van der Waals surface area contributed by atoms with Crippen molar-refractivity contribution in [3.05, 3.63) is 57.5 Å². The molecule has 2 amide bonds. The Morgan fingerprint density at radius 2 is 1.70 bits per heavy atom. The fourth-order valence-electron chi connectivity index (χ4n) is 2.41. The Bertz CT molecular complexity index is 777. The minimum Gasteiger partial charge on any atom is -0.372 e. The number of imide groups is 1. The van der Waals surface area contributed by atoms with Gasteiger partial charge in [0.05, 0.1) is 27.8 Å². The van der Waals surface area contributed by atoms with Gasteiger partial charge in [-0.25, -0.2) is 4.90 Å². The van der Waals surface area contributed by atoms with Crippen LogP contribution >= 0.6 is 34.8 Å². The Morgan fingerprint density at radius 3 is 2.39 bits per heavy atom. The molecule has 0 unspecified atom stereocenters. The maximum absolute atomic E-state index is 12.5. The van der Waals surface area contributed by atoms with Crippen molar-refractivity contribution in [1.29, 1.82) is 0 Å². The summed E-state index contributed by atoms with van der Waals surface area (Å²) in [4.78, 5) is 25.9. The van der Waals surface area contributed by atoms with E-state index in [0.29, 0.717) is 26.4 Å². The largest absolute Gasteiger partial charge is 0.372 e. The van der Waals surface area contributed by atoms with Gasteiger partial charge in [0.15, 0.2) is 0 Å². The molecule has 4 nitrogen and oxygen atoms in total. The third-order valence-electron chi connectivity index (χ3n) is 3.51. The SMILES string of the molecule is O=C1C[C@H](Nc2cccc(Cl)c2Cl)C(=O)N1c1ccc(Cl)cc1. The molecule has 1 N–H and O–H groups in total. The van der Waals surface area contributed by atoms with Crippen LogP contribution in [0, 0.1) is 0 Å². The number of rotatable bonds is 3. The lowest BCUT2D eigenvalue weighted by molar-refractivity contribution is -0.121. The molecule has 0 spiro atoms. The standard InChI is InChI=1S/C16H11Cl3N2O2/c17-9-4-6-10(7-5-9)21-14(22)8-13(16(21)23)20-12-3-1-2-11(18)15(12)19/h1-7,13,20H,8H2/t13-/m0/s1. The quantitative estimate of drug-likeness (QED) is 0.816. The first-order chi connectivity index (χ1) is 11.0. The molecule has 0 aromatic heterocycles. The van der Waals surface area contributed by atoms with E-state index in [1.54, 1.807) is 42.5 Å². The van der Waals surface area contributed by atoms with E-state index in [0.717, 1.165) is 4.90 Å². The highest BCUT2D eigenvalue weighted by Crippen LogP contribution is 2.32. The molecule has 118 valence electrons. The van der Waals surface area contributed by atoms with Gasteiger partial charge in [0.1, 0.15) is 6.04 Å². The number of hydrogen-bond acceptors (Lipinski definition) is 3.